The van der Waals surface area contributed by atoms with E-state index in [0.29, 0.717) is 17.8 Å². The van der Waals surface area contributed by atoms with Gasteiger partial charge in [0.25, 0.3) is 11.8 Å². The van der Waals surface area contributed by atoms with Crippen molar-refractivity contribution in [1.82, 2.24) is 4.90 Å². The minimum absolute atomic E-state index is 0.170. The zero-order valence-corrected chi connectivity index (χ0v) is 17.4. The molecule has 3 aromatic rings. The number of anilines is 2. The summed E-state index contributed by atoms with van der Waals surface area (Å²) in [4.78, 5) is 42.9. The van der Waals surface area contributed by atoms with Crippen LogP contribution in [-0.4, -0.2) is 35.8 Å². The first-order valence-corrected chi connectivity index (χ1v) is 10.1. The number of benzene rings is 3. The minimum Gasteiger partial charge on any atom is -0.311 e. The van der Waals surface area contributed by atoms with Gasteiger partial charge in [-0.05, 0) is 48.9 Å². The summed E-state index contributed by atoms with van der Waals surface area (Å²) in [5, 5.41) is 0. The average Bonchev–Trinajstić information content (AvgIpc) is 3.02. The molecule has 0 bridgehead atoms. The second-order valence-corrected chi connectivity index (χ2v) is 7.49. The number of imide groups is 1. The van der Waals surface area contributed by atoms with E-state index in [0.717, 1.165) is 11.3 Å². The quantitative estimate of drug-likeness (QED) is 0.585. The Bertz CT molecular complexity index is 1100. The zero-order chi connectivity index (χ0) is 22.0. The van der Waals surface area contributed by atoms with Crippen LogP contribution in [0.5, 0.6) is 0 Å². The maximum Gasteiger partial charge on any atom is 0.332 e. The SMILES string of the molecule is C[C@H]1C(=O)N(c2ccc(C(=O)N(C)c3ccccc3)cc2)C(=O)N1Cc1ccccc1. The summed E-state index contributed by atoms with van der Waals surface area (Å²) in [7, 11) is 1.71. The molecular weight excluding hydrogens is 390 g/mol. The highest BCUT2D eigenvalue weighted by atomic mass is 16.2. The molecule has 4 rings (SSSR count). The van der Waals surface area contributed by atoms with Gasteiger partial charge in [0.15, 0.2) is 0 Å². The Morgan fingerprint density at radius 3 is 2.06 bits per heavy atom. The van der Waals surface area contributed by atoms with Gasteiger partial charge in [-0.1, -0.05) is 48.5 Å². The number of hydrogen-bond acceptors (Lipinski definition) is 3. The first-order valence-electron chi connectivity index (χ1n) is 10.1. The molecule has 0 aliphatic carbocycles. The van der Waals surface area contributed by atoms with Crippen LogP contribution in [0, 0.1) is 0 Å². The molecule has 156 valence electrons. The molecule has 0 spiro atoms. The highest BCUT2D eigenvalue weighted by Gasteiger charge is 2.43. The summed E-state index contributed by atoms with van der Waals surface area (Å²) in [6.07, 6.45) is 0. The van der Waals surface area contributed by atoms with Crippen LogP contribution in [0.15, 0.2) is 84.9 Å². The lowest BCUT2D eigenvalue weighted by Crippen LogP contribution is -2.33. The van der Waals surface area contributed by atoms with Crippen molar-refractivity contribution < 1.29 is 14.4 Å². The zero-order valence-electron chi connectivity index (χ0n) is 17.4. The molecule has 6 nitrogen and oxygen atoms in total. The van der Waals surface area contributed by atoms with E-state index in [1.165, 1.54) is 4.90 Å². The molecule has 31 heavy (non-hydrogen) atoms. The Labute approximate surface area is 181 Å². The number of carbonyl (C=O) groups excluding carboxylic acids is 3. The molecule has 0 aromatic heterocycles. The molecule has 4 amide bonds. The third-order valence-electron chi connectivity index (χ3n) is 5.50. The van der Waals surface area contributed by atoms with Gasteiger partial charge < -0.3 is 9.80 Å². The summed E-state index contributed by atoms with van der Waals surface area (Å²) in [5.74, 6) is -0.447. The van der Waals surface area contributed by atoms with Crippen LogP contribution >= 0.6 is 0 Å². The van der Waals surface area contributed by atoms with Gasteiger partial charge in [-0.3, -0.25) is 9.59 Å². The fraction of sp³-hybridized carbons (Fsp3) is 0.160. The van der Waals surface area contributed by atoms with Crippen LogP contribution in [0.25, 0.3) is 0 Å². The standard InChI is InChI=1S/C25H23N3O3/c1-18-23(29)28(25(31)27(18)17-19-9-5-3-6-10-19)22-15-13-20(14-16-22)24(30)26(2)21-11-7-4-8-12-21/h3-16,18H,17H2,1-2H3/t18-/m0/s1. The Morgan fingerprint density at radius 2 is 1.45 bits per heavy atom. The Morgan fingerprint density at radius 1 is 0.871 bits per heavy atom. The molecule has 0 saturated carbocycles. The van der Waals surface area contributed by atoms with Crippen LogP contribution in [0.4, 0.5) is 16.2 Å². The molecule has 1 aliphatic heterocycles. The summed E-state index contributed by atoms with van der Waals surface area (Å²) < 4.78 is 0. The van der Waals surface area contributed by atoms with E-state index in [2.05, 4.69) is 0 Å². The van der Waals surface area contributed by atoms with E-state index in [-0.39, 0.29) is 17.8 Å². The molecule has 6 heteroatoms. The number of carbonyl (C=O) groups is 3. The van der Waals surface area contributed by atoms with Crippen molar-refractivity contribution in [2.75, 3.05) is 16.8 Å². The molecule has 1 saturated heterocycles. The predicted molar refractivity (Wildman–Crippen MR) is 120 cm³/mol. The maximum absolute atomic E-state index is 13.0. The van der Waals surface area contributed by atoms with Crippen molar-refractivity contribution in [3.8, 4) is 0 Å². The molecule has 1 heterocycles. The van der Waals surface area contributed by atoms with Gasteiger partial charge in [-0.2, -0.15) is 0 Å². The second kappa shape index (κ2) is 8.44. The normalized spacial score (nSPS) is 16.0. The van der Waals surface area contributed by atoms with E-state index < -0.39 is 6.04 Å². The van der Waals surface area contributed by atoms with Gasteiger partial charge in [0.05, 0.1) is 5.69 Å². The first kappa shape index (κ1) is 20.3. The van der Waals surface area contributed by atoms with Crippen molar-refractivity contribution in [2.45, 2.75) is 19.5 Å². The number of hydrogen-bond donors (Lipinski definition) is 0. The largest absolute Gasteiger partial charge is 0.332 e. The molecule has 1 fully saturated rings. The second-order valence-electron chi connectivity index (χ2n) is 7.49. The minimum atomic E-state index is -0.557. The van der Waals surface area contributed by atoms with Crippen LogP contribution < -0.4 is 9.80 Å². The molecule has 0 N–H and O–H groups in total. The van der Waals surface area contributed by atoms with Crippen LogP contribution in [-0.2, 0) is 11.3 Å². The summed E-state index contributed by atoms with van der Waals surface area (Å²) in [5.41, 5.74) is 2.67. The predicted octanol–water partition coefficient (Wildman–Crippen LogP) is 4.32. The summed E-state index contributed by atoms with van der Waals surface area (Å²) in [6.45, 7) is 2.09. The lowest BCUT2D eigenvalue weighted by Gasteiger charge is -2.20. The number of rotatable bonds is 5. The number of para-hydroxylation sites is 1. The third-order valence-corrected chi connectivity index (χ3v) is 5.50. The number of amides is 4. The Hall–Kier alpha value is -3.93. The maximum atomic E-state index is 13.0. The average molecular weight is 413 g/mol. The van der Waals surface area contributed by atoms with Crippen molar-refractivity contribution in [3.05, 3.63) is 96.1 Å². The monoisotopic (exact) mass is 413 g/mol. The summed E-state index contributed by atoms with van der Waals surface area (Å²) >= 11 is 0. The molecular formula is C25H23N3O3. The fourth-order valence-electron chi connectivity index (χ4n) is 3.65. The highest BCUT2D eigenvalue weighted by Crippen LogP contribution is 2.27. The van der Waals surface area contributed by atoms with Crippen molar-refractivity contribution in [3.63, 3.8) is 0 Å². The van der Waals surface area contributed by atoms with Gasteiger partial charge >= 0.3 is 6.03 Å². The van der Waals surface area contributed by atoms with E-state index in [4.69, 9.17) is 0 Å². The molecule has 3 aromatic carbocycles. The molecule has 1 aliphatic rings. The molecule has 0 radical (unpaired) electrons. The van der Waals surface area contributed by atoms with Crippen molar-refractivity contribution in [1.29, 1.82) is 0 Å². The van der Waals surface area contributed by atoms with Crippen LogP contribution in [0.3, 0.4) is 0 Å². The number of nitrogens with zero attached hydrogens (tertiary/aromatic N) is 3. The molecule has 0 unspecified atom stereocenters. The van der Waals surface area contributed by atoms with Gasteiger partial charge in [0, 0.05) is 24.8 Å². The van der Waals surface area contributed by atoms with Gasteiger partial charge in [-0.25, -0.2) is 9.69 Å². The summed E-state index contributed by atoms with van der Waals surface area (Å²) in [6, 6.07) is 24.6. The van der Waals surface area contributed by atoms with Crippen molar-refractivity contribution >= 4 is 29.2 Å². The lowest BCUT2D eigenvalue weighted by molar-refractivity contribution is -0.119. The smallest absolute Gasteiger partial charge is 0.311 e. The fourth-order valence-corrected chi connectivity index (χ4v) is 3.65. The van der Waals surface area contributed by atoms with Gasteiger partial charge in [0.1, 0.15) is 6.04 Å². The van der Waals surface area contributed by atoms with E-state index >= 15 is 0 Å². The van der Waals surface area contributed by atoms with Gasteiger partial charge in [0.2, 0.25) is 0 Å². The van der Waals surface area contributed by atoms with Crippen molar-refractivity contribution in [2.24, 2.45) is 0 Å². The first-order chi connectivity index (χ1) is 15.0. The van der Waals surface area contributed by atoms with Crippen LogP contribution in [0.1, 0.15) is 22.8 Å². The van der Waals surface area contributed by atoms with Crippen LogP contribution in [0.2, 0.25) is 0 Å². The lowest BCUT2D eigenvalue weighted by atomic mass is 10.1. The highest BCUT2D eigenvalue weighted by molar-refractivity contribution is 6.21. The topological polar surface area (TPSA) is 60.9 Å². The van der Waals surface area contributed by atoms with E-state index in [1.54, 1.807) is 48.0 Å². The molecule has 1 atom stereocenters. The Balaban J connectivity index is 1.52. The van der Waals surface area contributed by atoms with E-state index in [9.17, 15) is 14.4 Å². The van der Waals surface area contributed by atoms with E-state index in [1.807, 2.05) is 60.7 Å². The third kappa shape index (κ3) is 3.92. The van der Waals surface area contributed by atoms with Gasteiger partial charge in [-0.15, -0.1) is 0 Å². The Kier molecular flexibility index (Phi) is 5.54. The number of urea groups is 1.